The molecule has 2 N–H and O–H groups in total. The smallest absolute Gasteiger partial charge is 0.288 e. The van der Waals surface area contributed by atoms with Crippen LogP contribution in [-0.4, -0.2) is 49.2 Å². The Bertz CT molecular complexity index is 904. The predicted molar refractivity (Wildman–Crippen MR) is 93.5 cm³/mol. The number of rotatable bonds is 3. The fourth-order valence-corrected chi connectivity index (χ4v) is 6.86. The number of hydrogen-bond acceptors (Lipinski definition) is 6. The quantitative estimate of drug-likeness (QED) is 0.797. The largest absolute Gasteiger partial charge is 0.448 e. The lowest BCUT2D eigenvalue weighted by molar-refractivity contribution is 0.100. The monoisotopic (exact) mass is 389 g/mol. The van der Waals surface area contributed by atoms with Gasteiger partial charge in [-0.25, -0.2) is 17.3 Å². The van der Waals surface area contributed by atoms with Gasteiger partial charge in [-0.2, -0.15) is 4.36 Å². The van der Waals surface area contributed by atoms with Crippen molar-refractivity contribution < 1.29 is 21.8 Å². The average molecular weight is 389 g/mol. The maximum absolute atomic E-state index is 13.1. The molecule has 140 valence electrons. The molecule has 0 bridgehead atoms. The minimum atomic E-state index is -3.79. The van der Waals surface area contributed by atoms with Crippen molar-refractivity contribution >= 4 is 25.7 Å². The first-order valence-electron chi connectivity index (χ1n) is 8.25. The molecule has 2 unspecified atom stereocenters. The Balaban J connectivity index is 1.91. The number of aryl methyl sites for hydroxylation is 1. The van der Waals surface area contributed by atoms with Gasteiger partial charge in [0.05, 0.1) is 21.0 Å². The van der Waals surface area contributed by atoms with Crippen LogP contribution in [0.15, 0.2) is 19.9 Å². The van der Waals surface area contributed by atoms with Crippen molar-refractivity contribution in [3.05, 3.63) is 17.4 Å². The third-order valence-electron chi connectivity index (χ3n) is 4.86. The molecule has 1 aromatic heterocycles. The number of carbonyl (C=O) groups is 1. The maximum atomic E-state index is 13.1. The molecule has 2 fully saturated rings. The Morgan fingerprint density at radius 3 is 2.76 bits per heavy atom. The predicted octanol–water partition coefficient (Wildman–Crippen LogP) is 1.02. The minimum Gasteiger partial charge on any atom is -0.448 e. The SMILES string of the molecule is CNS(=O)(=O)c1cc(C(=O)N=S2(=O)CCCC3(CCCN3)C2)c(C)o1. The molecule has 3 heterocycles. The molecule has 3 rings (SSSR count). The summed E-state index contributed by atoms with van der Waals surface area (Å²) < 4.78 is 48.0. The number of sulfonamides is 1. The van der Waals surface area contributed by atoms with E-state index >= 15 is 0 Å². The highest BCUT2D eigenvalue weighted by Gasteiger charge is 2.40. The van der Waals surface area contributed by atoms with Crippen molar-refractivity contribution in [2.45, 2.75) is 43.2 Å². The molecule has 0 aromatic carbocycles. The molecule has 2 atom stereocenters. The van der Waals surface area contributed by atoms with Gasteiger partial charge in [0.1, 0.15) is 5.76 Å². The highest BCUT2D eigenvalue weighted by atomic mass is 32.2. The van der Waals surface area contributed by atoms with Gasteiger partial charge in [0.15, 0.2) is 0 Å². The van der Waals surface area contributed by atoms with Gasteiger partial charge in [-0.15, -0.1) is 0 Å². The number of furan rings is 1. The molecular formula is C15H23N3O5S2. The van der Waals surface area contributed by atoms with Gasteiger partial charge in [0, 0.05) is 17.4 Å². The summed E-state index contributed by atoms with van der Waals surface area (Å²) in [5, 5.41) is 3.08. The zero-order chi connectivity index (χ0) is 18.3. The minimum absolute atomic E-state index is 0.0376. The van der Waals surface area contributed by atoms with Gasteiger partial charge in [-0.05, 0) is 46.2 Å². The molecule has 8 nitrogen and oxygen atoms in total. The van der Waals surface area contributed by atoms with E-state index in [9.17, 15) is 17.4 Å². The third kappa shape index (κ3) is 3.67. The first-order valence-corrected chi connectivity index (χ1v) is 11.6. The number of carbonyl (C=O) groups excluding carboxylic acids is 1. The molecule has 0 aliphatic carbocycles. The molecule has 10 heteroatoms. The van der Waals surface area contributed by atoms with E-state index in [0.29, 0.717) is 11.5 Å². The van der Waals surface area contributed by atoms with Crippen molar-refractivity contribution in [3.8, 4) is 0 Å². The molecule has 1 spiro atoms. The van der Waals surface area contributed by atoms with Gasteiger partial charge in [0.25, 0.3) is 15.9 Å². The summed E-state index contributed by atoms with van der Waals surface area (Å²) in [6, 6.07) is 1.14. The second-order valence-electron chi connectivity index (χ2n) is 6.67. The number of nitrogens with zero attached hydrogens (tertiary/aromatic N) is 1. The zero-order valence-corrected chi connectivity index (χ0v) is 16.0. The fourth-order valence-electron chi connectivity index (χ4n) is 3.60. The van der Waals surface area contributed by atoms with E-state index in [1.165, 1.54) is 14.0 Å². The number of nitrogens with one attached hydrogen (secondary N) is 2. The second-order valence-corrected chi connectivity index (χ2v) is 10.9. The Kier molecular flexibility index (Phi) is 4.82. The summed E-state index contributed by atoms with van der Waals surface area (Å²) in [4.78, 5) is 12.5. The summed E-state index contributed by atoms with van der Waals surface area (Å²) in [7, 11) is -5.21. The Morgan fingerprint density at radius 2 is 2.12 bits per heavy atom. The zero-order valence-electron chi connectivity index (χ0n) is 14.3. The van der Waals surface area contributed by atoms with Gasteiger partial charge >= 0.3 is 0 Å². The molecule has 1 amide bonds. The summed E-state index contributed by atoms with van der Waals surface area (Å²) in [5.41, 5.74) is -0.138. The van der Waals surface area contributed by atoms with E-state index in [1.807, 2.05) is 0 Å². The van der Waals surface area contributed by atoms with Crippen LogP contribution >= 0.6 is 0 Å². The van der Waals surface area contributed by atoms with Crippen LogP contribution < -0.4 is 10.0 Å². The lowest BCUT2D eigenvalue weighted by Gasteiger charge is -2.35. The Hall–Kier alpha value is -1.23. The van der Waals surface area contributed by atoms with Gasteiger partial charge in [0.2, 0.25) is 5.09 Å². The second kappa shape index (κ2) is 6.49. The van der Waals surface area contributed by atoms with Crippen molar-refractivity contribution in [2.75, 3.05) is 25.1 Å². The molecule has 0 radical (unpaired) electrons. The average Bonchev–Trinajstić information content (AvgIpc) is 3.14. The van der Waals surface area contributed by atoms with Gasteiger partial charge in [-0.3, -0.25) is 4.79 Å². The van der Waals surface area contributed by atoms with E-state index in [0.717, 1.165) is 38.3 Å². The Morgan fingerprint density at radius 1 is 1.40 bits per heavy atom. The van der Waals surface area contributed by atoms with Crippen LogP contribution in [-0.2, 0) is 19.8 Å². The van der Waals surface area contributed by atoms with E-state index in [1.54, 1.807) is 0 Å². The lowest BCUT2D eigenvalue weighted by atomic mass is 9.94. The van der Waals surface area contributed by atoms with E-state index in [4.69, 9.17) is 4.42 Å². The van der Waals surface area contributed by atoms with Crippen LogP contribution in [0.3, 0.4) is 0 Å². The van der Waals surface area contributed by atoms with Crippen LogP contribution in [0.2, 0.25) is 0 Å². The van der Waals surface area contributed by atoms with Crippen LogP contribution in [0, 0.1) is 6.92 Å². The summed E-state index contributed by atoms with van der Waals surface area (Å²) in [5.74, 6) is 0.222. The van der Waals surface area contributed by atoms with Gasteiger partial charge in [-0.1, -0.05) is 0 Å². The summed E-state index contributed by atoms with van der Waals surface area (Å²) in [6.45, 7) is 2.39. The molecular weight excluding hydrogens is 366 g/mol. The summed E-state index contributed by atoms with van der Waals surface area (Å²) in [6.07, 6.45) is 3.69. The standard InChI is InChI=1S/C15H23N3O5S2/c1-11-12(9-13(23-11)25(21,22)16-2)14(19)18-24(20)8-4-6-15(10-24)5-3-7-17-15/h9,16-17H,3-8,10H2,1-2H3. The molecule has 2 saturated heterocycles. The van der Waals surface area contributed by atoms with Crippen LogP contribution in [0.5, 0.6) is 0 Å². The normalized spacial score (nSPS) is 29.8. The van der Waals surface area contributed by atoms with Crippen molar-refractivity contribution in [3.63, 3.8) is 0 Å². The lowest BCUT2D eigenvalue weighted by Crippen LogP contribution is -2.49. The van der Waals surface area contributed by atoms with Crippen LogP contribution in [0.25, 0.3) is 0 Å². The molecule has 2 aliphatic rings. The highest BCUT2D eigenvalue weighted by Crippen LogP contribution is 2.32. The van der Waals surface area contributed by atoms with E-state index in [-0.39, 0.29) is 22.0 Å². The van der Waals surface area contributed by atoms with Crippen LogP contribution in [0.1, 0.15) is 41.8 Å². The van der Waals surface area contributed by atoms with Crippen LogP contribution in [0.4, 0.5) is 0 Å². The topological polar surface area (TPSA) is 118 Å². The molecule has 1 aromatic rings. The highest BCUT2D eigenvalue weighted by molar-refractivity contribution is 7.94. The third-order valence-corrected chi connectivity index (χ3v) is 8.56. The molecule has 2 aliphatic heterocycles. The van der Waals surface area contributed by atoms with Crippen molar-refractivity contribution in [1.82, 2.24) is 10.0 Å². The fraction of sp³-hybridized carbons (Fsp3) is 0.667. The van der Waals surface area contributed by atoms with E-state index < -0.39 is 25.7 Å². The number of hydrogen-bond donors (Lipinski definition) is 2. The first-order chi connectivity index (χ1) is 11.7. The number of amides is 1. The Labute approximate surface area is 148 Å². The first kappa shape index (κ1) is 18.6. The van der Waals surface area contributed by atoms with Crippen molar-refractivity contribution in [2.24, 2.45) is 4.36 Å². The molecule has 25 heavy (non-hydrogen) atoms. The van der Waals surface area contributed by atoms with Crippen molar-refractivity contribution in [1.29, 1.82) is 0 Å². The van der Waals surface area contributed by atoms with E-state index in [2.05, 4.69) is 14.4 Å². The maximum Gasteiger partial charge on any atom is 0.288 e. The summed E-state index contributed by atoms with van der Waals surface area (Å²) >= 11 is 0. The van der Waals surface area contributed by atoms with Gasteiger partial charge < -0.3 is 9.73 Å². The molecule has 0 saturated carbocycles.